The number of rotatable bonds is 29. The second kappa shape index (κ2) is 42.5. The summed E-state index contributed by atoms with van der Waals surface area (Å²) in [5.74, 6) is -0.630. The smallest absolute Gasteiger partial charge is 0.463 e. The van der Waals surface area contributed by atoms with Crippen molar-refractivity contribution in [3.8, 4) is 24.7 Å². The number of hydrogen-bond donors (Lipinski definition) is 4. The highest BCUT2D eigenvalue weighted by Crippen LogP contribution is 2.62. The van der Waals surface area contributed by atoms with Gasteiger partial charge in [0.2, 0.25) is 23.6 Å². The first-order chi connectivity index (χ1) is 58.8. The quantitative estimate of drug-likeness (QED) is 0.0203. The van der Waals surface area contributed by atoms with E-state index in [1.807, 2.05) is 0 Å². The first-order valence-electron chi connectivity index (χ1n) is 40.6. The standard InChI is InChI=1S/C20H29N2O9P.C19H29N2O9P.2C19H24NO10P/c1-20(21)18-15(30-19(20)22-9-8-13(23)11-16(22)24)12-28-32(26,31-18)27-10-4-7-17(25)29-14-5-2-3-6-14;1-12(2)28-16(24)6-4-5-9-26-31(25)27-11-14-17(30-31)19(3,20)18(29-14)21-8-7-13(22)10-15(21)23;2*1-4-19(24)17-14(29-18(19)20-8-7-13(21)10-15(20)22)11-27-31(25,30-17)26-9-5-6-16(23)28-12(2)3/h8-9,14-15,18-19H,2-7,10-12,21H2,1H3;7-8,12,14,17-18H,4-6,9-11,20H2,1-3H3;2*1,7-8,12,14,17-18,24H,5-6,9-11H2,2-3H3/t15-,18-,19-,20-,32-;2*14-,17-,18-,19-,31+;14-,17-,18-,19-,31-/m1111/s1. The van der Waals surface area contributed by atoms with E-state index in [0.717, 1.165) is 35.5 Å². The number of phosphoric ester groups is 4. The van der Waals surface area contributed by atoms with Gasteiger partial charge in [-0.25, -0.2) is 18.3 Å². The molecule has 48 heteroatoms. The first kappa shape index (κ1) is 99.8. The SMILES string of the molecule is C#C[C@@]1(O)[C@@H]2O[P@@](=O)(OCCCC(=O)OC(C)C)OC[C@H]2O[C@H]1N1C=CC(=O)CC1=O.C#C[C@@]1(O)[C@@H]2O[P@](=O)(OCCCC(=O)OC(C)C)OC[C@H]2O[C@H]1N1C=CC(=O)CC1=O.CC(C)OC(=O)CCCCO[P@@]1(=O)OC[C@H]2O[C@@H](N3C=CC(=O)CC3=O)[C@](C)(N)[C@@H]2O1.C[C@@]1(N)[C@@H]2O[P@](=O)(OCCCC(=O)OC3CCCC3)OC[C@H]2O[C@H]1N1C=CC(=O)CC1=O. The van der Waals surface area contributed by atoms with Crippen molar-refractivity contribution in [2.24, 2.45) is 11.5 Å². The number of nitrogens with two attached hydrogens (primary N) is 2. The summed E-state index contributed by atoms with van der Waals surface area (Å²) in [6.45, 7) is 12.7. The van der Waals surface area contributed by atoms with E-state index in [1.54, 1.807) is 55.4 Å². The van der Waals surface area contributed by atoms with Crippen LogP contribution >= 0.6 is 31.3 Å². The Morgan fingerprint density at radius 2 is 0.696 bits per heavy atom. The largest absolute Gasteiger partial charge is 0.475 e. The summed E-state index contributed by atoms with van der Waals surface area (Å²) in [6.07, 6.45) is 12.9. The summed E-state index contributed by atoms with van der Waals surface area (Å²) in [5.41, 5.74) is 6.06. The van der Waals surface area contributed by atoms with E-state index in [1.165, 1.54) is 58.9 Å². The molecular weight excluding hydrogens is 1740 g/mol. The van der Waals surface area contributed by atoms with Crippen LogP contribution in [0.15, 0.2) is 49.1 Å². The van der Waals surface area contributed by atoms with Gasteiger partial charge in [0.05, 0.1) is 108 Å². The van der Waals surface area contributed by atoms with Crippen molar-refractivity contribution in [1.82, 2.24) is 19.6 Å². The Bertz CT molecular complexity index is 4320. The molecule has 12 heterocycles. The molecule has 12 aliphatic heterocycles. The van der Waals surface area contributed by atoms with E-state index < -0.39 is 187 Å². The second-order valence-corrected chi connectivity index (χ2v) is 38.5. The maximum atomic E-state index is 12.9. The zero-order valence-electron chi connectivity index (χ0n) is 70.0. The minimum atomic E-state index is -4.12. The molecule has 13 rings (SSSR count). The number of unbranched alkanes of at least 4 members (excludes halogenated alkanes) is 1. The number of allylic oxidation sites excluding steroid dienone is 4. The Hall–Kier alpha value is -7.36. The van der Waals surface area contributed by atoms with E-state index >= 15 is 0 Å². The molecule has 44 nitrogen and oxygen atoms in total. The Labute approximate surface area is 719 Å². The van der Waals surface area contributed by atoms with Crippen LogP contribution in [0.2, 0.25) is 0 Å². The van der Waals surface area contributed by atoms with Crippen LogP contribution in [0.1, 0.15) is 165 Å². The van der Waals surface area contributed by atoms with Crippen molar-refractivity contribution in [3.63, 3.8) is 0 Å². The number of terminal acetylenes is 2. The minimum Gasteiger partial charge on any atom is -0.463 e. The molecule has 0 radical (unpaired) electrons. The van der Waals surface area contributed by atoms with Crippen LogP contribution in [0.3, 0.4) is 0 Å². The molecule has 0 unspecified atom stereocenters. The Morgan fingerprint density at radius 3 is 0.992 bits per heavy atom. The highest BCUT2D eigenvalue weighted by Gasteiger charge is 2.67. The van der Waals surface area contributed by atoms with Gasteiger partial charge in [0.1, 0.15) is 54.9 Å². The van der Waals surface area contributed by atoms with Crippen molar-refractivity contribution >= 4 is 102 Å². The average Bonchev–Trinajstić information content (AvgIpc) is 1.59. The third-order valence-electron chi connectivity index (χ3n) is 20.7. The molecule has 13 aliphatic rings. The summed E-state index contributed by atoms with van der Waals surface area (Å²) in [5, 5.41) is 22.1. The van der Waals surface area contributed by atoms with Crippen molar-refractivity contribution in [2.75, 3.05) is 52.9 Å². The van der Waals surface area contributed by atoms with Crippen LogP contribution in [-0.2, 0) is 168 Å². The molecule has 6 N–H and O–H groups in total. The van der Waals surface area contributed by atoms with Crippen LogP contribution in [0.25, 0.3) is 0 Å². The van der Waals surface area contributed by atoms with Gasteiger partial charge in [-0.2, -0.15) is 0 Å². The normalized spacial score (nSPS) is 35.9. The first-order valence-corrected chi connectivity index (χ1v) is 46.5. The fraction of sp³-hybridized carbons (Fsp3) is 0.688. The van der Waals surface area contributed by atoms with Crippen molar-refractivity contribution in [3.05, 3.63) is 49.1 Å². The second-order valence-electron chi connectivity index (χ2n) is 32.0. The number of carbonyl (C=O) groups excluding carboxylic acids is 12. The molecule has 0 aromatic rings. The number of ether oxygens (including phenoxy) is 8. The zero-order chi connectivity index (χ0) is 91.4. The van der Waals surface area contributed by atoms with Crippen LogP contribution in [-0.4, -0.2) is 274 Å². The lowest BCUT2D eigenvalue weighted by molar-refractivity contribution is -0.153. The molecule has 8 saturated heterocycles. The number of fused-ring (bicyclic) bond motifs is 4. The lowest BCUT2D eigenvalue weighted by Gasteiger charge is -2.38. The summed E-state index contributed by atoms with van der Waals surface area (Å²) < 4.78 is 159. The monoisotopic (exact) mass is 1850 g/mol. The van der Waals surface area contributed by atoms with Crippen LogP contribution in [0, 0.1) is 24.7 Å². The van der Waals surface area contributed by atoms with Gasteiger partial charge in [0, 0.05) is 50.5 Å². The van der Waals surface area contributed by atoms with Gasteiger partial charge < -0.3 is 59.6 Å². The van der Waals surface area contributed by atoms with Crippen LogP contribution < -0.4 is 11.5 Å². The Kier molecular flexibility index (Phi) is 33.9. The van der Waals surface area contributed by atoms with E-state index in [9.17, 15) is 86.0 Å². The Morgan fingerprint density at radius 1 is 0.432 bits per heavy atom. The number of carbonyl (C=O) groups is 12. The van der Waals surface area contributed by atoms with Crippen molar-refractivity contribution in [2.45, 2.75) is 285 Å². The number of ketones is 4. The van der Waals surface area contributed by atoms with Crippen LogP contribution in [0.5, 0.6) is 0 Å². The predicted octanol–water partition coefficient (Wildman–Crippen LogP) is 4.28. The van der Waals surface area contributed by atoms with Gasteiger partial charge in [-0.1, -0.05) is 11.8 Å². The van der Waals surface area contributed by atoms with Gasteiger partial charge in [0.15, 0.2) is 59.2 Å². The van der Waals surface area contributed by atoms with Gasteiger partial charge in [-0.05, 0) is 137 Å². The predicted molar refractivity (Wildman–Crippen MR) is 421 cm³/mol. The minimum absolute atomic E-state index is 0.000934. The number of esters is 4. The molecule has 0 aromatic carbocycles. The molecule has 0 spiro atoms. The molecule has 692 valence electrons. The number of phosphoric acid groups is 4. The van der Waals surface area contributed by atoms with E-state index in [4.69, 9.17) is 116 Å². The fourth-order valence-corrected chi connectivity index (χ4v) is 20.7. The van der Waals surface area contributed by atoms with Crippen molar-refractivity contribution in [1.29, 1.82) is 0 Å². The third kappa shape index (κ3) is 25.2. The van der Waals surface area contributed by atoms with E-state index in [0.29, 0.717) is 19.3 Å². The number of aliphatic hydroxyl groups is 2. The van der Waals surface area contributed by atoms with Crippen LogP contribution in [0.4, 0.5) is 0 Å². The molecule has 0 bridgehead atoms. The summed E-state index contributed by atoms with van der Waals surface area (Å²) >= 11 is 0. The van der Waals surface area contributed by atoms with Gasteiger partial charge in [-0.15, -0.1) is 12.8 Å². The van der Waals surface area contributed by atoms with Gasteiger partial charge in [-0.3, -0.25) is 131 Å². The molecule has 1 saturated carbocycles. The van der Waals surface area contributed by atoms with Crippen molar-refractivity contribution < 1.29 is 178 Å². The molecule has 9 fully saturated rings. The van der Waals surface area contributed by atoms with Gasteiger partial charge >= 0.3 is 55.2 Å². The van der Waals surface area contributed by atoms with E-state index in [-0.39, 0.29) is 152 Å². The molecule has 1 aliphatic carbocycles. The third-order valence-corrected chi connectivity index (χ3v) is 26.5. The number of hydrogen-bond acceptors (Lipinski definition) is 40. The highest BCUT2D eigenvalue weighted by molar-refractivity contribution is 7.49. The average molecular weight is 1850 g/mol. The maximum absolute atomic E-state index is 12.9. The number of amides is 4. The van der Waals surface area contributed by atoms with Gasteiger partial charge in [0.25, 0.3) is 0 Å². The Balaban J connectivity index is 0.000000174. The summed E-state index contributed by atoms with van der Waals surface area (Å²) in [6, 6.07) is 0. The number of nitrogens with zero attached hydrogens (tertiary/aromatic N) is 4. The zero-order valence-corrected chi connectivity index (χ0v) is 73.6. The lowest BCUT2D eigenvalue weighted by atomic mass is 9.92. The lowest BCUT2D eigenvalue weighted by Crippen LogP contribution is -2.60. The maximum Gasteiger partial charge on any atom is 0.475 e. The highest BCUT2D eigenvalue weighted by atomic mass is 31.2. The molecular formula is C77H106N6O38P4. The molecule has 4 amide bonds. The molecule has 20 atom stereocenters. The topological polar surface area (TPSA) is 563 Å². The van der Waals surface area contributed by atoms with E-state index in [2.05, 4.69) is 11.8 Å². The summed E-state index contributed by atoms with van der Waals surface area (Å²) in [4.78, 5) is 146. The molecule has 0 aromatic heterocycles. The fourth-order valence-electron chi connectivity index (χ4n) is 14.7. The molecule has 125 heavy (non-hydrogen) atoms. The summed E-state index contributed by atoms with van der Waals surface area (Å²) in [7, 11) is -16.1.